The third kappa shape index (κ3) is 2.65. The van der Waals surface area contributed by atoms with Crippen LogP contribution < -0.4 is 15.1 Å². The molecule has 0 amide bonds. The smallest absolute Gasteiger partial charge is 0.343 e. The lowest BCUT2D eigenvalue weighted by Gasteiger charge is -2.69. The van der Waals surface area contributed by atoms with Crippen LogP contribution in [-0.2, 0) is 11.2 Å². The average Bonchev–Trinajstić information content (AvgIpc) is 2.80. The van der Waals surface area contributed by atoms with Gasteiger partial charge >= 0.3 is 5.63 Å². The summed E-state index contributed by atoms with van der Waals surface area (Å²) in [6.07, 6.45) is 1.19. The van der Waals surface area contributed by atoms with E-state index >= 15 is 0 Å². The molecule has 34 heavy (non-hydrogen) atoms. The molecule has 0 saturated heterocycles. The molecule has 2 fully saturated rings. The van der Waals surface area contributed by atoms with Crippen molar-refractivity contribution in [1.29, 1.82) is 0 Å². The van der Waals surface area contributed by atoms with Crippen molar-refractivity contribution in [3.8, 4) is 22.8 Å². The Kier molecular flexibility index (Phi) is 4.73. The van der Waals surface area contributed by atoms with Gasteiger partial charge in [0.2, 0.25) is 0 Å². The second-order valence-electron chi connectivity index (χ2n) is 11.1. The predicted molar refractivity (Wildman–Crippen MR) is 125 cm³/mol. The first kappa shape index (κ1) is 23.1. The minimum atomic E-state index is -1.58. The third-order valence-electron chi connectivity index (χ3n) is 9.40. The summed E-state index contributed by atoms with van der Waals surface area (Å²) >= 11 is 0. The third-order valence-corrected chi connectivity index (χ3v) is 9.40. The number of carbonyl (C=O) groups excluding carboxylic acids is 1. The van der Waals surface area contributed by atoms with E-state index in [1.54, 1.807) is 51.3 Å². The second-order valence-corrected chi connectivity index (χ2v) is 11.1. The van der Waals surface area contributed by atoms with Crippen molar-refractivity contribution in [2.24, 2.45) is 10.8 Å². The van der Waals surface area contributed by atoms with Crippen LogP contribution in [0.3, 0.4) is 0 Å². The van der Waals surface area contributed by atoms with Crippen molar-refractivity contribution in [3.05, 3.63) is 46.3 Å². The van der Waals surface area contributed by atoms with E-state index in [-0.39, 0.29) is 24.2 Å². The molecule has 7 heteroatoms. The molecule has 4 atom stereocenters. The van der Waals surface area contributed by atoms with Gasteiger partial charge in [-0.2, -0.15) is 0 Å². The topological polar surface area (TPSA) is 106 Å². The summed E-state index contributed by atoms with van der Waals surface area (Å²) < 4.78 is 17.3. The predicted octanol–water partition coefficient (Wildman–Crippen LogP) is 3.66. The highest BCUT2D eigenvalue weighted by atomic mass is 16.5. The largest absolute Gasteiger partial charge is 0.497 e. The van der Waals surface area contributed by atoms with E-state index in [2.05, 4.69) is 0 Å². The van der Waals surface area contributed by atoms with Crippen molar-refractivity contribution >= 4 is 5.78 Å². The highest BCUT2D eigenvalue weighted by Gasteiger charge is 2.76. The molecule has 1 aromatic carbocycles. The van der Waals surface area contributed by atoms with Gasteiger partial charge < -0.3 is 24.1 Å². The maximum Gasteiger partial charge on any atom is 0.343 e. The number of hydrogen-bond donors (Lipinski definition) is 2. The molecular weight excluding hydrogens is 436 g/mol. The van der Waals surface area contributed by atoms with Crippen molar-refractivity contribution in [2.45, 2.75) is 76.6 Å². The standard InChI is InChI=1S/C27H32O7/c1-23(2)21(28)10-11-24(3)26(23,30)13-12-25(4)27(24,31)15-18-20(34-25)14-19(33-22(18)29)16-6-8-17(32-5)9-7-16/h6-9,14,30-31H,10-13,15H2,1-5H3/t24-,25-,26+,27-/m0/s1. The summed E-state index contributed by atoms with van der Waals surface area (Å²) in [5, 5.41) is 24.3. The Morgan fingerprint density at radius 2 is 1.62 bits per heavy atom. The van der Waals surface area contributed by atoms with Crippen LogP contribution in [0.1, 0.15) is 58.9 Å². The molecule has 2 aromatic rings. The minimum Gasteiger partial charge on any atom is -0.497 e. The quantitative estimate of drug-likeness (QED) is 0.693. The molecular formula is C27H32O7. The van der Waals surface area contributed by atoms with Gasteiger partial charge in [0, 0.05) is 29.9 Å². The Labute approximate surface area is 198 Å². The number of aliphatic hydroxyl groups is 2. The maximum absolute atomic E-state index is 13.1. The van der Waals surface area contributed by atoms with Crippen molar-refractivity contribution < 1.29 is 28.9 Å². The molecule has 2 heterocycles. The van der Waals surface area contributed by atoms with Crippen molar-refractivity contribution in [2.75, 3.05) is 7.11 Å². The number of benzene rings is 1. The van der Waals surface area contributed by atoms with E-state index in [9.17, 15) is 19.8 Å². The number of Topliss-reactive ketones (excluding diaryl/α,β-unsaturated/α-hetero) is 1. The molecule has 3 aliphatic rings. The normalized spacial score (nSPS) is 36.0. The Morgan fingerprint density at radius 1 is 0.941 bits per heavy atom. The highest BCUT2D eigenvalue weighted by Crippen LogP contribution is 2.67. The highest BCUT2D eigenvalue weighted by molar-refractivity contribution is 5.87. The van der Waals surface area contributed by atoms with Crippen LogP contribution in [0, 0.1) is 10.8 Å². The van der Waals surface area contributed by atoms with Crippen LogP contribution in [-0.4, -0.2) is 39.9 Å². The van der Waals surface area contributed by atoms with Crippen molar-refractivity contribution in [3.63, 3.8) is 0 Å². The summed E-state index contributed by atoms with van der Waals surface area (Å²) in [4.78, 5) is 25.9. The van der Waals surface area contributed by atoms with E-state index in [1.165, 1.54) is 0 Å². The molecule has 2 N–H and O–H groups in total. The van der Waals surface area contributed by atoms with Crippen LogP contribution in [0.5, 0.6) is 11.5 Å². The number of fused-ring (bicyclic) bond motifs is 4. The van der Waals surface area contributed by atoms with Gasteiger partial charge in [0.1, 0.15) is 34.2 Å². The van der Waals surface area contributed by atoms with Gasteiger partial charge in [0.15, 0.2) is 0 Å². The fourth-order valence-electron chi connectivity index (χ4n) is 6.81. The molecule has 2 saturated carbocycles. The van der Waals surface area contributed by atoms with Gasteiger partial charge in [-0.15, -0.1) is 0 Å². The molecule has 1 aliphatic heterocycles. The number of hydrogen-bond acceptors (Lipinski definition) is 7. The zero-order valence-electron chi connectivity index (χ0n) is 20.4. The monoisotopic (exact) mass is 468 g/mol. The number of ether oxygens (including phenoxy) is 2. The van der Waals surface area contributed by atoms with Crippen LogP contribution in [0.4, 0.5) is 0 Å². The van der Waals surface area contributed by atoms with E-state index in [0.717, 1.165) is 0 Å². The lowest BCUT2D eigenvalue weighted by Crippen LogP contribution is -2.81. The lowest BCUT2D eigenvalue weighted by molar-refractivity contribution is -0.318. The first-order chi connectivity index (χ1) is 15.8. The fourth-order valence-corrected chi connectivity index (χ4v) is 6.81. The van der Waals surface area contributed by atoms with Gasteiger partial charge in [-0.1, -0.05) is 20.8 Å². The molecule has 0 unspecified atom stereocenters. The lowest BCUT2D eigenvalue weighted by atomic mass is 9.40. The number of ketones is 1. The molecule has 182 valence electrons. The van der Waals surface area contributed by atoms with E-state index in [0.29, 0.717) is 42.1 Å². The summed E-state index contributed by atoms with van der Waals surface area (Å²) in [6.45, 7) is 7.18. The summed E-state index contributed by atoms with van der Waals surface area (Å²) in [5.41, 5.74) is -5.79. The molecule has 1 aromatic heterocycles. The average molecular weight is 469 g/mol. The zero-order chi connectivity index (χ0) is 24.7. The Bertz CT molecular complexity index is 1230. The fraction of sp³-hybridized carbons (Fsp3) is 0.556. The van der Waals surface area contributed by atoms with E-state index in [4.69, 9.17) is 13.9 Å². The molecule has 0 bridgehead atoms. The second kappa shape index (κ2) is 6.95. The SMILES string of the molecule is COc1ccc(-c2cc3c(c(=O)o2)C[C@]2(O)[C@@]4(C)CCC(=O)C(C)(C)[C@]4(O)CC[C@]2(C)O3)cc1. The van der Waals surface area contributed by atoms with Crippen LogP contribution in [0.25, 0.3) is 11.3 Å². The van der Waals surface area contributed by atoms with Gasteiger partial charge in [0.25, 0.3) is 0 Å². The van der Waals surface area contributed by atoms with Gasteiger partial charge in [-0.05, 0) is 50.5 Å². The minimum absolute atomic E-state index is 0.0135. The molecule has 2 aliphatic carbocycles. The van der Waals surface area contributed by atoms with Gasteiger partial charge in [-0.3, -0.25) is 4.79 Å². The Hall–Kier alpha value is -2.64. The van der Waals surface area contributed by atoms with Crippen LogP contribution >= 0.6 is 0 Å². The molecule has 5 rings (SSSR count). The Morgan fingerprint density at radius 3 is 2.26 bits per heavy atom. The Balaban J connectivity index is 1.62. The maximum atomic E-state index is 13.1. The number of rotatable bonds is 2. The number of carbonyl (C=O) groups is 1. The van der Waals surface area contributed by atoms with Gasteiger partial charge in [0.05, 0.1) is 23.7 Å². The van der Waals surface area contributed by atoms with Gasteiger partial charge in [-0.25, -0.2) is 4.79 Å². The molecule has 7 nitrogen and oxygen atoms in total. The first-order valence-corrected chi connectivity index (χ1v) is 11.8. The van der Waals surface area contributed by atoms with E-state index in [1.807, 2.05) is 13.8 Å². The summed E-state index contributed by atoms with van der Waals surface area (Å²) in [6, 6.07) is 8.86. The summed E-state index contributed by atoms with van der Waals surface area (Å²) in [5.74, 6) is 1.42. The first-order valence-electron chi connectivity index (χ1n) is 11.8. The number of methoxy groups -OCH3 is 1. The van der Waals surface area contributed by atoms with E-state index < -0.39 is 33.3 Å². The zero-order valence-corrected chi connectivity index (χ0v) is 20.4. The summed E-state index contributed by atoms with van der Waals surface area (Å²) in [7, 11) is 1.58. The van der Waals surface area contributed by atoms with Crippen molar-refractivity contribution in [1.82, 2.24) is 0 Å². The van der Waals surface area contributed by atoms with Crippen LogP contribution in [0.2, 0.25) is 0 Å². The van der Waals surface area contributed by atoms with Crippen LogP contribution in [0.15, 0.2) is 39.5 Å². The molecule has 0 spiro atoms. The molecule has 0 radical (unpaired) electrons.